The van der Waals surface area contributed by atoms with Gasteiger partial charge in [-0.1, -0.05) is 12.1 Å². The highest BCUT2D eigenvalue weighted by Gasteiger charge is 2.20. The molecule has 0 saturated carbocycles. The van der Waals surface area contributed by atoms with Crippen molar-refractivity contribution >= 4 is 17.0 Å². The zero-order chi connectivity index (χ0) is 19.5. The molecule has 4 rings (SSSR count). The topological polar surface area (TPSA) is 56.3 Å². The summed E-state index contributed by atoms with van der Waals surface area (Å²) in [7, 11) is 3.62. The molecular weight excluding hydrogens is 372 g/mol. The van der Waals surface area contributed by atoms with E-state index in [9.17, 15) is 0 Å². The van der Waals surface area contributed by atoms with Crippen LogP contribution in [-0.4, -0.2) is 21.9 Å². The van der Waals surface area contributed by atoms with Crippen molar-refractivity contribution < 1.29 is 9.15 Å². The molecule has 6 nitrogen and oxygen atoms in total. The molecule has 3 heterocycles. The Bertz CT molecular complexity index is 1040. The molecule has 0 aliphatic rings. The molecule has 144 valence electrons. The van der Waals surface area contributed by atoms with Crippen molar-refractivity contribution in [2.45, 2.75) is 19.5 Å². The lowest BCUT2D eigenvalue weighted by Gasteiger charge is -2.30. The Balaban J connectivity index is 1.64. The maximum absolute atomic E-state index is 5.40. The van der Waals surface area contributed by atoms with Gasteiger partial charge in [-0.2, -0.15) is 5.10 Å². The van der Waals surface area contributed by atoms with Crippen LogP contribution < -0.4 is 9.64 Å². The molecule has 1 atom stereocenters. The Morgan fingerprint density at radius 3 is 2.93 bits per heavy atom. The Hall–Kier alpha value is -3.06. The van der Waals surface area contributed by atoms with Crippen molar-refractivity contribution in [3.8, 4) is 16.3 Å². The number of aromatic nitrogens is 3. The lowest BCUT2D eigenvalue weighted by Crippen LogP contribution is -2.26. The van der Waals surface area contributed by atoms with Gasteiger partial charge in [0.25, 0.3) is 0 Å². The molecule has 0 bridgehead atoms. The van der Waals surface area contributed by atoms with Crippen molar-refractivity contribution in [3.05, 3.63) is 71.9 Å². The molecule has 0 N–H and O–H groups in total. The minimum Gasteiger partial charge on any atom is -0.497 e. The number of methoxy groups -OCH3 is 1. The fourth-order valence-corrected chi connectivity index (χ4v) is 3.96. The maximum atomic E-state index is 5.40. The normalized spacial score (nSPS) is 12.1. The third-order valence-corrected chi connectivity index (χ3v) is 5.66. The zero-order valence-electron chi connectivity index (χ0n) is 16.1. The number of rotatable bonds is 7. The molecule has 4 aromatic rings. The van der Waals surface area contributed by atoms with Crippen molar-refractivity contribution in [1.82, 2.24) is 14.8 Å². The fraction of sp³-hybridized carbons (Fsp3) is 0.238. The average molecular weight is 395 g/mol. The van der Waals surface area contributed by atoms with Gasteiger partial charge in [0.15, 0.2) is 0 Å². The zero-order valence-corrected chi connectivity index (χ0v) is 16.9. The minimum absolute atomic E-state index is 0.123. The first-order valence-corrected chi connectivity index (χ1v) is 9.88. The molecule has 0 aliphatic carbocycles. The largest absolute Gasteiger partial charge is 0.497 e. The summed E-state index contributed by atoms with van der Waals surface area (Å²) >= 11 is 1.62. The van der Waals surface area contributed by atoms with Gasteiger partial charge in [-0.3, -0.25) is 4.68 Å². The molecular formula is C21H22N4O2S. The maximum Gasteiger partial charge on any atom is 0.126 e. The van der Waals surface area contributed by atoms with Crippen LogP contribution in [0.2, 0.25) is 0 Å². The lowest BCUT2D eigenvalue weighted by molar-refractivity contribution is 0.413. The van der Waals surface area contributed by atoms with Gasteiger partial charge in [0.2, 0.25) is 0 Å². The first-order chi connectivity index (χ1) is 13.6. The van der Waals surface area contributed by atoms with E-state index in [-0.39, 0.29) is 6.04 Å². The number of hydrogen-bond donors (Lipinski definition) is 0. The van der Waals surface area contributed by atoms with Gasteiger partial charge >= 0.3 is 0 Å². The summed E-state index contributed by atoms with van der Waals surface area (Å²) in [6, 6.07) is 10.2. The van der Waals surface area contributed by atoms with Crippen LogP contribution in [-0.2, 0) is 13.6 Å². The van der Waals surface area contributed by atoms with E-state index in [1.54, 1.807) is 31.0 Å². The van der Waals surface area contributed by atoms with Crippen molar-refractivity contribution in [2.75, 3.05) is 12.0 Å². The van der Waals surface area contributed by atoms with E-state index in [4.69, 9.17) is 14.1 Å². The molecule has 7 heteroatoms. The second kappa shape index (κ2) is 7.90. The van der Waals surface area contributed by atoms with E-state index in [0.717, 1.165) is 27.7 Å². The van der Waals surface area contributed by atoms with Crippen LogP contribution in [0.15, 0.2) is 65.0 Å². The molecule has 3 aromatic heterocycles. The number of thiazole rings is 1. The molecule has 0 unspecified atom stereocenters. The number of furan rings is 1. The van der Waals surface area contributed by atoms with Crippen molar-refractivity contribution in [1.29, 1.82) is 0 Å². The molecule has 1 aromatic carbocycles. The van der Waals surface area contributed by atoms with Crippen LogP contribution in [0.25, 0.3) is 10.6 Å². The molecule has 0 fully saturated rings. The number of hydrogen-bond acceptors (Lipinski definition) is 6. The summed E-state index contributed by atoms with van der Waals surface area (Å²) in [5, 5.41) is 7.42. The summed E-state index contributed by atoms with van der Waals surface area (Å²) in [6.45, 7) is 2.86. The minimum atomic E-state index is 0.123. The second-order valence-corrected chi connectivity index (χ2v) is 7.47. The molecule has 28 heavy (non-hydrogen) atoms. The first-order valence-electron chi connectivity index (χ1n) is 9.00. The van der Waals surface area contributed by atoms with Gasteiger partial charge in [0.05, 0.1) is 43.5 Å². The van der Waals surface area contributed by atoms with Crippen LogP contribution >= 0.6 is 11.3 Å². The predicted octanol–water partition coefficient (Wildman–Crippen LogP) is 4.91. The Kier molecular flexibility index (Phi) is 5.16. The highest BCUT2D eigenvalue weighted by molar-refractivity contribution is 7.13. The third kappa shape index (κ3) is 3.80. The van der Waals surface area contributed by atoms with Gasteiger partial charge in [0.1, 0.15) is 17.0 Å². The van der Waals surface area contributed by atoms with Crippen LogP contribution in [0.5, 0.6) is 5.75 Å². The van der Waals surface area contributed by atoms with Crippen LogP contribution in [0.4, 0.5) is 5.69 Å². The predicted molar refractivity (Wildman–Crippen MR) is 111 cm³/mol. The number of anilines is 1. The highest BCUT2D eigenvalue weighted by atomic mass is 32.1. The number of aryl methyl sites for hydroxylation is 1. The number of nitrogens with zero attached hydrogens (tertiary/aromatic N) is 4. The fourth-order valence-electron chi connectivity index (χ4n) is 3.16. The summed E-state index contributed by atoms with van der Waals surface area (Å²) in [5.74, 6) is 0.853. The summed E-state index contributed by atoms with van der Waals surface area (Å²) in [6.07, 6.45) is 7.31. The average Bonchev–Trinajstić information content (AvgIpc) is 3.47. The SMILES string of the molecule is COc1cccc([C@H](C)N(Cc2csc(-c3ccoc3)n2)c2cnn(C)c2)c1. The van der Waals surface area contributed by atoms with E-state index >= 15 is 0 Å². The Morgan fingerprint density at radius 1 is 1.32 bits per heavy atom. The van der Waals surface area contributed by atoms with Gasteiger partial charge in [0, 0.05) is 24.2 Å². The van der Waals surface area contributed by atoms with Gasteiger partial charge in [-0.05, 0) is 30.7 Å². The number of ether oxygens (including phenoxy) is 1. The first kappa shape index (κ1) is 18.3. The van der Waals surface area contributed by atoms with Gasteiger partial charge in [-0.25, -0.2) is 4.98 Å². The standard InChI is InChI=1S/C21H22N4O2S/c1-15(16-5-4-6-20(9-16)26-3)25(19-10-22-24(2)12-19)11-18-14-28-21(23-18)17-7-8-27-13-17/h4-10,12-15H,11H2,1-3H3/t15-/m0/s1. The molecule has 0 amide bonds. The quantitative estimate of drug-likeness (QED) is 0.446. The highest BCUT2D eigenvalue weighted by Crippen LogP contribution is 2.31. The molecule has 0 saturated heterocycles. The second-order valence-electron chi connectivity index (χ2n) is 6.61. The summed E-state index contributed by atoms with van der Waals surface area (Å²) in [4.78, 5) is 7.10. The molecule has 0 spiro atoms. The van der Waals surface area contributed by atoms with Crippen LogP contribution in [0.3, 0.4) is 0 Å². The monoisotopic (exact) mass is 394 g/mol. The van der Waals surface area contributed by atoms with Crippen molar-refractivity contribution in [2.24, 2.45) is 7.05 Å². The van der Waals surface area contributed by atoms with Gasteiger partial charge in [-0.15, -0.1) is 11.3 Å². The van der Waals surface area contributed by atoms with Crippen LogP contribution in [0, 0.1) is 0 Å². The number of benzene rings is 1. The molecule has 0 radical (unpaired) electrons. The van der Waals surface area contributed by atoms with Crippen LogP contribution in [0.1, 0.15) is 24.2 Å². The van der Waals surface area contributed by atoms with Gasteiger partial charge < -0.3 is 14.1 Å². The van der Waals surface area contributed by atoms with E-state index in [2.05, 4.69) is 34.4 Å². The lowest BCUT2D eigenvalue weighted by atomic mass is 10.1. The smallest absolute Gasteiger partial charge is 0.126 e. The Labute approximate surface area is 168 Å². The van der Waals surface area contributed by atoms with E-state index in [0.29, 0.717) is 6.54 Å². The summed E-state index contributed by atoms with van der Waals surface area (Å²) < 4.78 is 12.4. The third-order valence-electron chi connectivity index (χ3n) is 4.72. The Morgan fingerprint density at radius 2 is 2.21 bits per heavy atom. The van der Waals surface area contributed by atoms with E-state index < -0.39 is 0 Å². The summed E-state index contributed by atoms with van der Waals surface area (Å²) in [5.41, 5.74) is 4.24. The van der Waals surface area contributed by atoms with E-state index in [1.807, 2.05) is 42.3 Å². The van der Waals surface area contributed by atoms with Crippen molar-refractivity contribution in [3.63, 3.8) is 0 Å². The molecule has 0 aliphatic heterocycles. The van der Waals surface area contributed by atoms with E-state index in [1.165, 1.54) is 5.56 Å².